The van der Waals surface area contributed by atoms with Gasteiger partial charge in [0.25, 0.3) is 10.0 Å². The molecule has 2 aromatic rings. The molecule has 1 aromatic heterocycles. The highest BCUT2D eigenvalue weighted by Gasteiger charge is 2.33. The monoisotopic (exact) mass is 472 g/mol. The second-order valence-corrected chi connectivity index (χ2v) is 10.8. The number of anilines is 1. The van der Waals surface area contributed by atoms with Crippen LogP contribution >= 0.6 is 27.3 Å². The number of piperidine rings is 1. The Morgan fingerprint density at radius 1 is 1.26 bits per heavy atom. The van der Waals surface area contributed by atoms with E-state index >= 15 is 0 Å². The van der Waals surface area contributed by atoms with Crippen molar-refractivity contribution in [1.29, 1.82) is 0 Å². The Morgan fingerprint density at radius 2 is 1.96 bits per heavy atom. The molecule has 0 unspecified atom stereocenters. The molecule has 27 heavy (non-hydrogen) atoms. The molecule has 1 aliphatic rings. The van der Waals surface area contributed by atoms with Crippen LogP contribution in [0.3, 0.4) is 0 Å². The number of hydrogen-bond donors (Lipinski definition) is 1. The number of carbonyl (C=O) groups is 1. The fourth-order valence-electron chi connectivity index (χ4n) is 3.01. The molecule has 0 aliphatic carbocycles. The van der Waals surface area contributed by atoms with Crippen LogP contribution in [0, 0.1) is 5.92 Å². The van der Waals surface area contributed by atoms with Crippen molar-refractivity contribution in [3.63, 3.8) is 0 Å². The Labute approximate surface area is 171 Å². The van der Waals surface area contributed by atoms with Gasteiger partial charge in [0.05, 0.1) is 16.1 Å². The summed E-state index contributed by atoms with van der Waals surface area (Å²) in [7, 11) is -3.49. The van der Waals surface area contributed by atoms with E-state index in [4.69, 9.17) is 4.74 Å². The first-order valence-electron chi connectivity index (χ1n) is 8.70. The number of nitrogens with zero attached hydrogens (tertiary/aromatic N) is 1. The number of para-hydroxylation sites is 2. The van der Waals surface area contributed by atoms with Gasteiger partial charge in [-0.1, -0.05) is 12.1 Å². The first-order valence-corrected chi connectivity index (χ1v) is 11.7. The van der Waals surface area contributed by atoms with E-state index in [1.807, 2.05) is 25.1 Å². The maximum Gasteiger partial charge on any atom is 0.252 e. The summed E-state index contributed by atoms with van der Waals surface area (Å²) in [5.74, 6) is 0.316. The summed E-state index contributed by atoms with van der Waals surface area (Å²) in [4.78, 5) is 12.6. The van der Waals surface area contributed by atoms with Crippen LogP contribution in [0.1, 0.15) is 19.8 Å². The van der Waals surface area contributed by atoms with Crippen LogP contribution in [-0.2, 0) is 14.8 Å². The highest BCUT2D eigenvalue weighted by molar-refractivity contribution is 9.11. The lowest BCUT2D eigenvalue weighted by Gasteiger charge is -2.30. The van der Waals surface area contributed by atoms with Crippen molar-refractivity contribution in [1.82, 2.24) is 4.31 Å². The van der Waals surface area contributed by atoms with Crippen molar-refractivity contribution in [3.05, 3.63) is 40.2 Å². The number of hydrogen-bond acceptors (Lipinski definition) is 5. The van der Waals surface area contributed by atoms with Gasteiger partial charge in [-0.05, 0) is 60.0 Å². The minimum absolute atomic E-state index is 0.0990. The van der Waals surface area contributed by atoms with E-state index in [1.165, 1.54) is 15.6 Å². The first-order chi connectivity index (χ1) is 12.9. The lowest BCUT2D eigenvalue weighted by Crippen LogP contribution is -2.41. The summed E-state index contributed by atoms with van der Waals surface area (Å²) in [5, 5.41) is 2.92. The normalized spacial score (nSPS) is 16.2. The third-order valence-corrected chi connectivity index (χ3v) is 8.40. The standard InChI is InChI=1S/C18H21BrN2O4S2/c1-2-25-15-6-4-3-5-14(15)20-18(22)13-9-11-21(12-10-13)27(23,24)17-8-7-16(19)26-17/h3-8,13H,2,9-12H2,1H3,(H,20,22). The number of nitrogens with one attached hydrogen (secondary N) is 1. The lowest BCUT2D eigenvalue weighted by molar-refractivity contribution is -0.120. The number of thiophene rings is 1. The zero-order chi connectivity index (χ0) is 19.4. The maximum absolute atomic E-state index is 12.7. The van der Waals surface area contributed by atoms with Gasteiger partial charge in [-0.2, -0.15) is 4.31 Å². The molecule has 1 aromatic carbocycles. The molecule has 1 amide bonds. The fourth-order valence-corrected chi connectivity index (χ4v) is 6.64. The van der Waals surface area contributed by atoms with Crippen LogP contribution in [0.4, 0.5) is 5.69 Å². The molecule has 0 bridgehead atoms. The number of amides is 1. The van der Waals surface area contributed by atoms with Crippen molar-refractivity contribution in [3.8, 4) is 5.75 Å². The fraction of sp³-hybridized carbons (Fsp3) is 0.389. The summed E-state index contributed by atoms with van der Waals surface area (Å²) in [5.41, 5.74) is 0.642. The molecule has 3 rings (SSSR count). The Balaban J connectivity index is 1.61. The van der Waals surface area contributed by atoms with Crippen LogP contribution in [0.25, 0.3) is 0 Å². The van der Waals surface area contributed by atoms with E-state index in [-0.39, 0.29) is 11.8 Å². The number of rotatable bonds is 6. The molecule has 1 aliphatic heterocycles. The van der Waals surface area contributed by atoms with Crippen LogP contribution in [0.5, 0.6) is 5.75 Å². The van der Waals surface area contributed by atoms with Gasteiger partial charge in [-0.15, -0.1) is 11.3 Å². The Hall–Kier alpha value is -1.42. The van der Waals surface area contributed by atoms with Crippen molar-refractivity contribution >= 4 is 48.9 Å². The molecule has 0 spiro atoms. The summed E-state index contributed by atoms with van der Waals surface area (Å²) in [6, 6.07) is 10.6. The molecule has 146 valence electrons. The van der Waals surface area contributed by atoms with Crippen LogP contribution in [0.15, 0.2) is 44.4 Å². The van der Waals surface area contributed by atoms with Gasteiger partial charge >= 0.3 is 0 Å². The zero-order valence-corrected chi connectivity index (χ0v) is 18.1. The van der Waals surface area contributed by atoms with Crippen molar-refractivity contribution < 1.29 is 17.9 Å². The van der Waals surface area contributed by atoms with E-state index < -0.39 is 10.0 Å². The van der Waals surface area contributed by atoms with Gasteiger partial charge in [0.15, 0.2) is 0 Å². The number of benzene rings is 1. The van der Waals surface area contributed by atoms with Crippen molar-refractivity contribution in [2.75, 3.05) is 25.0 Å². The van der Waals surface area contributed by atoms with Crippen molar-refractivity contribution in [2.24, 2.45) is 5.92 Å². The number of sulfonamides is 1. The number of carbonyl (C=O) groups excluding carboxylic acids is 1. The maximum atomic E-state index is 12.7. The molecule has 0 radical (unpaired) electrons. The van der Waals surface area contributed by atoms with Gasteiger partial charge in [-0.25, -0.2) is 8.42 Å². The topological polar surface area (TPSA) is 75.7 Å². The van der Waals surface area contributed by atoms with E-state index in [2.05, 4.69) is 21.2 Å². The second-order valence-electron chi connectivity index (χ2n) is 6.16. The molecule has 1 N–H and O–H groups in total. The van der Waals surface area contributed by atoms with Gasteiger partial charge in [-0.3, -0.25) is 4.79 Å². The molecule has 2 heterocycles. The third kappa shape index (κ3) is 4.71. The van der Waals surface area contributed by atoms with E-state index in [0.717, 1.165) is 3.79 Å². The predicted octanol–water partition coefficient (Wildman–Crippen LogP) is 3.95. The van der Waals surface area contributed by atoms with Gasteiger partial charge < -0.3 is 10.1 Å². The molecular formula is C18H21BrN2O4S2. The smallest absolute Gasteiger partial charge is 0.252 e. The lowest BCUT2D eigenvalue weighted by atomic mass is 9.97. The van der Waals surface area contributed by atoms with Crippen molar-refractivity contribution in [2.45, 2.75) is 24.0 Å². The van der Waals surface area contributed by atoms with E-state index in [9.17, 15) is 13.2 Å². The second kappa shape index (κ2) is 8.72. The minimum atomic E-state index is -3.49. The Kier molecular flexibility index (Phi) is 6.56. The summed E-state index contributed by atoms with van der Waals surface area (Å²) >= 11 is 4.50. The van der Waals surface area contributed by atoms with Crippen LogP contribution in [0.2, 0.25) is 0 Å². The van der Waals surface area contributed by atoms with Gasteiger partial charge in [0, 0.05) is 19.0 Å². The van der Waals surface area contributed by atoms with E-state index in [1.54, 1.807) is 18.2 Å². The molecule has 0 atom stereocenters. The average Bonchev–Trinajstić information content (AvgIpc) is 3.11. The molecule has 1 fully saturated rings. The zero-order valence-electron chi connectivity index (χ0n) is 14.9. The summed E-state index contributed by atoms with van der Waals surface area (Å²) < 4.78 is 33.5. The van der Waals surface area contributed by atoms with Gasteiger partial charge in [0.1, 0.15) is 9.96 Å². The van der Waals surface area contributed by atoms with Gasteiger partial charge in [0.2, 0.25) is 5.91 Å². The molecular weight excluding hydrogens is 452 g/mol. The number of ether oxygens (including phenoxy) is 1. The minimum Gasteiger partial charge on any atom is -0.492 e. The summed E-state index contributed by atoms with van der Waals surface area (Å²) in [6.07, 6.45) is 0.989. The Morgan fingerprint density at radius 3 is 2.59 bits per heavy atom. The number of halogens is 1. The average molecular weight is 473 g/mol. The Bertz CT molecular complexity index is 906. The highest BCUT2D eigenvalue weighted by atomic mass is 79.9. The largest absolute Gasteiger partial charge is 0.492 e. The molecule has 9 heteroatoms. The first kappa shape index (κ1) is 20.3. The SMILES string of the molecule is CCOc1ccccc1NC(=O)C1CCN(S(=O)(=O)c2ccc(Br)s2)CC1. The van der Waals surface area contributed by atoms with E-state index in [0.29, 0.717) is 48.2 Å². The predicted molar refractivity (Wildman–Crippen MR) is 110 cm³/mol. The highest BCUT2D eigenvalue weighted by Crippen LogP contribution is 2.31. The van der Waals surface area contributed by atoms with Crippen LogP contribution < -0.4 is 10.1 Å². The quantitative estimate of drug-likeness (QED) is 0.690. The molecule has 6 nitrogen and oxygen atoms in total. The summed E-state index contributed by atoms with van der Waals surface area (Å²) in [6.45, 7) is 3.08. The molecule has 0 saturated carbocycles. The third-order valence-electron chi connectivity index (χ3n) is 4.41. The van der Waals surface area contributed by atoms with Crippen LogP contribution in [-0.4, -0.2) is 38.3 Å². The molecule has 1 saturated heterocycles.